The molecule has 3 nitrogen and oxygen atoms in total. The van der Waals surface area contributed by atoms with E-state index in [1.807, 2.05) is 12.1 Å². The van der Waals surface area contributed by atoms with Crippen molar-refractivity contribution in [2.75, 3.05) is 0 Å². The van der Waals surface area contributed by atoms with E-state index >= 15 is 0 Å². The molecular weight excluding hydrogens is 270 g/mol. The van der Waals surface area contributed by atoms with Crippen LogP contribution in [-0.4, -0.2) is 16.1 Å². The third-order valence-electron chi connectivity index (χ3n) is 3.87. The van der Waals surface area contributed by atoms with Crippen LogP contribution in [-0.2, 0) is 24.1 Å². The Morgan fingerprint density at radius 3 is 3.00 bits per heavy atom. The summed E-state index contributed by atoms with van der Waals surface area (Å²) in [6, 6.07) is 10.4. The van der Waals surface area contributed by atoms with Crippen LogP contribution in [0.25, 0.3) is 22.2 Å². The highest BCUT2D eigenvalue weighted by atomic mass is 32.1. The molecule has 0 saturated heterocycles. The molecule has 1 aromatic carbocycles. The first kappa shape index (κ1) is 11.7. The van der Waals surface area contributed by atoms with Gasteiger partial charge in [-0.05, 0) is 30.5 Å². The fourth-order valence-corrected chi connectivity index (χ4v) is 4.21. The van der Waals surface area contributed by atoms with Crippen LogP contribution in [0, 0.1) is 0 Å². The molecule has 3 aromatic rings. The second-order valence-corrected chi connectivity index (χ2v) is 6.37. The number of aromatic amines is 1. The van der Waals surface area contributed by atoms with E-state index in [2.05, 4.69) is 23.2 Å². The normalized spacial score (nSPS) is 13.2. The van der Waals surface area contributed by atoms with E-state index in [1.54, 1.807) is 11.3 Å². The van der Waals surface area contributed by atoms with Crippen molar-refractivity contribution in [2.45, 2.75) is 19.3 Å². The van der Waals surface area contributed by atoms with Crippen LogP contribution >= 0.6 is 11.3 Å². The Labute approximate surface area is 119 Å². The average Bonchev–Trinajstić information content (AvgIpc) is 2.97. The van der Waals surface area contributed by atoms with E-state index in [1.165, 1.54) is 27.1 Å². The molecule has 0 unspecified atom stereocenters. The number of rotatable bonds is 2. The van der Waals surface area contributed by atoms with Crippen molar-refractivity contribution in [3.8, 4) is 11.3 Å². The van der Waals surface area contributed by atoms with Crippen LogP contribution in [0.4, 0.5) is 0 Å². The first-order chi connectivity index (χ1) is 9.72. The highest BCUT2D eigenvalue weighted by molar-refractivity contribution is 7.12. The summed E-state index contributed by atoms with van der Waals surface area (Å²) in [5, 5.41) is 10.2. The van der Waals surface area contributed by atoms with Crippen LogP contribution in [0.2, 0.25) is 0 Å². The van der Waals surface area contributed by atoms with Crippen LogP contribution in [0.15, 0.2) is 30.3 Å². The first-order valence-electron chi connectivity index (χ1n) is 6.65. The molecule has 0 aliphatic heterocycles. The van der Waals surface area contributed by atoms with Gasteiger partial charge in [0.05, 0.1) is 12.1 Å². The zero-order chi connectivity index (χ0) is 13.7. The van der Waals surface area contributed by atoms with Crippen molar-refractivity contribution in [2.24, 2.45) is 0 Å². The number of carboxylic acid groups (broad SMARTS) is 1. The van der Waals surface area contributed by atoms with E-state index in [4.69, 9.17) is 5.11 Å². The van der Waals surface area contributed by atoms with Crippen LogP contribution < -0.4 is 0 Å². The smallest absolute Gasteiger partial charge is 0.308 e. The van der Waals surface area contributed by atoms with Gasteiger partial charge in [0.15, 0.2) is 0 Å². The van der Waals surface area contributed by atoms with Crippen LogP contribution in [0.1, 0.15) is 15.3 Å². The maximum Gasteiger partial charge on any atom is 0.308 e. The number of fused-ring (bicyclic) bond motifs is 5. The predicted molar refractivity (Wildman–Crippen MR) is 80.4 cm³/mol. The lowest BCUT2D eigenvalue weighted by Crippen LogP contribution is -1.98. The van der Waals surface area contributed by atoms with Gasteiger partial charge in [-0.1, -0.05) is 18.2 Å². The Kier molecular flexibility index (Phi) is 2.47. The average molecular weight is 283 g/mol. The number of carbonyl (C=O) groups is 1. The Morgan fingerprint density at radius 1 is 1.30 bits per heavy atom. The molecule has 4 rings (SSSR count). The molecule has 4 heteroatoms. The van der Waals surface area contributed by atoms with Gasteiger partial charge >= 0.3 is 5.97 Å². The number of para-hydroxylation sites is 1. The Bertz CT molecular complexity index is 828. The zero-order valence-corrected chi connectivity index (χ0v) is 11.6. The number of aromatic nitrogens is 1. The molecule has 2 N–H and O–H groups in total. The third kappa shape index (κ3) is 1.68. The second-order valence-electron chi connectivity index (χ2n) is 5.14. The monoisotopic (exact) mass is 283 g/mol. The molecule has 0 saturated carbocycles. The van der Waals surface area contributed by atoms with Gasteiger partial charge in [-0.2, -0.15) is 0 Å². The van der Waals surface area contributed by atoms with E-state index < -0.39 is 5.97 Å². The lowest BCUT2D eigenvalue weighted by Gasteiger charge is -2.11. The molecule has 0 atom stereocenters. The van der Waals surface area contributed by atoms with Gasteiger partial charge in [0.2, 0.25) is 0 Å². The molecule has 0 fully saturated rings. The fourth-order valence-electron chi connectivity index (χ4n) is 3.05. The number of nitrogens with one attached hydrogen (secondary N) is 1. The number of benzene rings is 1. The maximum atomic E-state index is 10.9. The van der Waals surface area contributed by atoms with E-state index in [9.17, 15) is 4.79 Å². The summed E-state index contributed by atoms with van der Waals surface area (Å²) in [4.78, 5) is 16.6. The minimum absolute atomic E-state index is 0.118. The minimum atomic E-state index is -0.763. The lowest BCUT2D eigenvalue weighted by atomic mass is 9.94. The summed E-state index contributed by atoms with van der Waals surface area (Å²) in [6.45, 7) is 0. The number of aliphatic carboxylic acids is 1. The summed E-state index contributed by atoms with van der Waals surface area (Å²) in [6.07, 6.45) is 2.15. The van der Waals surface area contributed by atoms with E-state index in [0.717, 1.165) is 23.2 Å². The lowest BCUT2D eigenvalue weighted by molar-refractivity contribution is -0.136. The van der Waals surface area contributed by atoms with Gasteiger partial charge in [-0.3, -0.25) is 4.79 Å². The summed E-state index contributed by atoms with van der Waals surface area (Å²) in [5.74, 6) is -0.763. The van der Waals surface area contributed by atoms with Gasteiger partial charge in [0.25, 0.3) is 0 Å². The highest BCUT2D eigenvalue weighted by Gasteiger charge is 2.23. The van der Waals surface area contributed by atoms with E-state index in [0.29, 0.717) is 0 Å². The molecule has 0 spiro atoms. The number of aryl methyl sites for hydroxylation is 2. The molecular formula is C16H13NO2S. The van der Waals surface area contributed by atoms with Gasteiger partial charge in [0.1, 0.15) is 0 Å². The summed E-state index contributed by atoms with van der Waals surface area (Å²) < 4.78 is 0. The standard InChI is InChI=1S/C16H13NO2S/c18-15(19)8-9-7-12-14(20-9)6-5-11-10-3-1-2-4-13(10)17-16(11)12/h1-4,7,17H,5-6,8H2,(H,18,19). The topological polar surface area (TPSA) is 53.1 Å². The molecule has 0 amide bonds. The summed E-state index contributed by atoms with van der Waals surface area (Å²) in [5.41, 5.74) is 4.91. The van der Waals surface area contributed by atoms with Gasteiger partial charge in [-0.15, -0.1) is 11.3 Å². The molecule has 20 heavy (non-hydrogen) atoms. The fraction of sp³-hybridized carbons (Fsp3) is 0.188. The minimum Gasteiger partial charge on any atom is -0.481 e. The van der Waals surface area contributed by atoms with E-state index in [-0.39, 0.29) is 6.42 Å². The van der Waals surface area contributed by atoms with Gasteiger partial charge in [-0.25, -0.2) is 0 Å². The quantitative estimate of drug-likeness (QED) is 0.754. The molecule has 0 bridgehead atoms. The maximum absolute atomic E-state index is 10.9. The number of H-pyrrole nitrogens is 1. The number of thiophene rings is 1. The molecule has 2 aromatic heterocycles. The SMILES string of the molecule is O=C(O)Cc1cc2c(s1)CCc1c-2[nH]c2ccccc12. The van der Waals surface area contributed by atoms with Crippen molar-refractivity contribution >= 4 is 28.2 Å². The molecule has 100 valence electrons. The largest absolute Gasteiger partial charge is 0.481 e. The molecule has 1 aliphatic carbocycles. The molecule has 0 radical (unpaired) electrons. The van der Waals surface area contributed by atoms with Crippen molar-refractivity contribution in [3.63, 3.8) is 0 Å². The Balaban J connectivity index is 1.90. The van der Waals surface area contributed by atoms with Crippen molar-refractivity contribution in [1.29, 1.82) is 0 Å². The predicted octanol–water partition coefficient (Wildman–Crippen LogP) is 3.62. The number of hydrogen-bond acceptors (Lipinski definition) is 2. The van der Waals surface area contributed by atoms with Crippen molar-refractivity contribution in [1.82, 2.24) is 4.98 Å². The highest BCUT2D eigenvalue weighted by Crippen LogP contribution is 2.41. The van der Waals surface area contributed by atoms with Crippen molar-refractivity contribution in [3.05, 3.63) is 45.6 Å². The first-order valence-corrected chi connectivity index (χ1v) is 7.47. The van der Waals surface area contributed by atoms with Gasteiger partial charge < -0.3 is 10.1 Å². The molecule has 2 heterocycles. The second kappa shape index (κ2) is 4.21. The van der Waals surface area contributed by atoms with Crippen molar-refractivity contribution < 1.29 is 9.90 Å². The van der Waals surface area contributed by atoms with Gasteiger partial charge in [0, 0.05) is 26.2 Å². The Morgan fingerprint density at radius 2 is 2.15 bits per heavy atom. The zero-order valence-electron chi connectivity index (χ0n) is 10.8. The Hall–Kier alpha value is -2.07. The number of carboxylic acids is 1. The molecule has 1 aliphatic rings. The van der Waals surface area contributed by atoms with Crippen LogP contribution in [0.5, 0.6) is 0 Å². The summed E-state index contributed by atoms with van der Waals surface area (Å²) >= 11 is 1.64. The van der Waals surface area contributed by atoms with Crippen LogP contribution in [0.3, 0.4) is 0 Å². The third-order valence-corrected chi connectivity index (χ3v) is 5.07. The number of hydrogen-bond donors (Lipinski definition) is 2. The summed E-state index contributed by atoms with van der Waals surface area (Å²) in [7, 11) is 0.